The summed E-state index contributed by atoms with van der Waals surface area (Å²) in [5, 5.41) is 0. The highest BCUT2D eigenvalue weighted by molar-refractivity contribution is 5.18. The van der Waals surface area contributed by atoms with Crippen molar-refractivity contribution in [1.29, 1.82) is 0 Å². The van der Waals surface area contributed by atoms with Crippen LogP contribution < -0.4 is 4.74 Å². The van der Waals surface area contributed by atoms with Gasteiger partial charge >= 0.3 is 0 Å². The van der Waals surface area contributed by atoms with E-state index in [4.69, 9.17) is 4.74 Å². The first-order valence-electron chi connectivity index (χ1n) is 8.81. The summed E-state index contributed by atoms with van der Waals surface area (Å²) in [6, 6.07) is 4.12. The van der Waals surface area contributed by atoms with Gasteiger partial charge < -0.3 is 9.64 Å². The van der Waals surface area contributed by atoms with E-state index in [1.54, 1.807) is 0 Å². The number of likely N-dealkylation sites (tertiary alicyclic amines) is 1. The molecule has 5 heteroatoms. The number of hydrogen-bond donors (Lipinski definition) is 0. The normalized spacial score (nSPS) is 23.3. The van der Waals surface area contributed by atoms with Crippen LogP contribution >= 0.6 is 0 Å². The van der Waals surface area contributed by atoms with Gasteiger partial charge in [0.2, 0.25) is 5.88 Å². The largest absolute Gasteiger partial charge is 0.478 e. The SMILES string of the molecule is CCOc1ccc(CN2CCC3(CC2)CN(C)CCN3C)cn1. The van der Waals surface area contributed by atoms with Crippen LogP contribution in [0.3, 0.4) is 0 Å². The van der Waals surface area contributed by atoms with Crippen LogP contribution in [0.1, 0.15) is 25.3 Å². The van der Waals surface area contributed by atoms with Crippen LogP contribution in [0.25, 0.3) is 0 Å². The van der Waals surface area contributed by atoms with Gasteiger partial charge in [0.05, 0.1) is 6.61 Å². The first-order chi connectivity index (χ1) is 11.1. The van der Waals surface area contributed by atoms with Crippen molar-refractivity contribution < 1.29 is 4.74 Å². The molecule has 0 atom stereocenters. The van der Waals surface area contributed by atoms with Crippen molar-refractivity contribution >= 4 is 0 Å². The molecule has 2 aliphatic rings. The number of aromatic nitrogens is 1. The maximum Gasteiger partial charge on any atom is 0.213 e. The van der Waals surface area contributed by atoms with E-state index in [0.717, 1.165) is 12.4 Å². The maximum absolute atomic E-state index is 5.41. The Morgan fingerprint density at radius 2 is 1.91 bits per heavy atom. The van der Waals surface area contributed by atoms with Crippen molar-refractivity contribution in [3.63, 3.8) is 0 Å². The van der Waals surface area contributed by atoms with Crippen LogP contribution in [0.5, 0.6) is 5.88 Å². The summed E-state index contributed by atoms with van der Waals surface area (Å²) in [6.07, 6.45) is 4.48. The van der Waals surface area contributed by atoms with Gasteiger partial charge in [-0.3, -0.25) is 9.80 Å². The van der Waals surface area contributed by atoms with Crippen LogP contribution in [-0.4, -0.2) is 78.6 Å². The fourth-order valence-electron chi connectivity index (χ4n) is 3.92. The number of rotatable bonds is 4. The number of piperidine rings is 1. The molecule has 0 bridgehead atoms. The zero-order chi connectivity index (χ0) is 16.3. The molecular weight excluding hydrogens is 288 g/mol. The fraction of sp³-hybridized carbons (Fsp3) is 0.722. The summed E-state index contributed by atoms with van der Waals surface area (Å²) < 4.78 is 5.41. The molecular formula is C18H30N4O. The lowest BCUT2D eigenvalue weighted by Gasteiger charge is -2.52. The second kappa shape index (κ2) is 7.16. The first kappa shape index (κ1) is 16.7. The van der Waals surface area contributed by atoms with Gasteiger partial charge in [-0.15, -0.1) is 0 Å². The lowest BCUT2D eigenvalue weighted by molar-refractivity contribution is -0.0205. The number of likely N-dealkylation sites (N-methyl/N-ethyl adjacent to an activating group) is 2. The molecule has 3 heterocycles. The van der Waals surface area contributed by atoms with Gasteiger partial charge in [0, 0.05) is 57.1 Å². The molecule has 1 aromatic heterocycles. The van der Waals surface area contributed by atoms with E-state index in [0.29, 0.717) is 12.1 Å². The maximum atomic E-state index is 5.41. The van der Waals surface area contributed by atoms with Gasteiger partial charge in [0.25, 0.3) is 0 Å². The summed E-state index contributed by atoms with van der Waals surface area (Å²) in [7, 11) is 4.56. The van der Waals surface area contributed by atoms with Gasteiger partial charge in [-0.05, 0) is 39.4 Å². The molecule has 0 amide bonds. The molecule has 0 saturated carbocycles. The molecule has 0 N–H and O–H groups in total. The van der Waals surface area contributed by atoms with Crippen molar-refractivity contribution in [2.75, 3.05) is 53.4 Å². The summed E-state index contributed by atoms with van der Waals surface area (Å²) >= 11 is 0. The molecule has 0 aromatic carbocycles. The average Bonchev–Trinajstić information content (AvgIpc) is 2.56. The van der Waals surface area contributed by atoms with Crippen LogP contribution in [0.2, 0.25) is 0 Å². The molecule has 3 rings (SSSR count). The highest BCUT2D eigenvalue weighted by Gasteiger charge is 2.41. The number of pyridine rings is 1. The lowest BCUT2D eigenvalue weighted by Crippen LogP contribution is -2.63. The minimum Gasteiger partial charge on any atom is -0.478 e. The fourth-order valence-corrected chi connectivity index (χ4v) is 3.92. The van der Waals surface area contributed by atoms with Crippen molar-refractivity contribution in [2.24, 2.45) is 0 Å². The Balaban J connectivity index is 1.54. The molecule has 1 spiro atoms. The van der Waals surface area contributed by atoms with Crippen molar-refractivity contribution in [3.8, 4) is 5.88 Å². The third kappa shape index (κ3) is 3.84. The van der Waals surface area contributed by atoms with Crippen LogP contribution in [0.15, 0.2) is 18.3 Å². The Bertz CT molecular complexity index is 496. The van der Waals surface area contributed by atoms with E-state index >= 15 is 0 Å². The topological polar surface area (TPSA) is 31.8 Å². The van der Waals surface area contributed by atoms with Crippen molar-refractivity contribution in [1.82, 2.24) is 19.7 Å². The predicted octanol–water partition coefficient (Wildman–Crippen LogP) is 1.69. The second-order valence-electron chi connectivity index (χ2n) is 7.10. The summed E-state index contributed by atoms with van der Waals surface area (Å²) in [6.45, 7) is 9.59. The molecule has 128 valence electrons. The zero-order valence-electron chi connectivity index (χ0n) is 14.8. The van der Waals surface area contributed by atoms with Gasteiger partial charge in [0.1, 0.15) is 0 Å². The smallest absolute Gasteiger partial charge is 0.213 e. The van der Waals surface area contributed by atoms with Crippen LogP contribution in [0.4, 0.5) is 0 Å². The van der Waals surface area contributed by atoms with E-state index in [9.17, 15) is 0 Å². The quantitative estimate of drug-likeness (QED) is 0.843. The van der Waals surface area contributed by atoms with Crippen molar-refractivity contribution in [2.45, 2.75) is 31.8 Å². The molecule has 2 aliphatic heterocycles. The minimum atomic E-state index is 0.389. The Morgan fingerprint density at radius 1 is 1.13 bits per heavy atom. The molecule has 23 heavy (non-hydrogen) atoms. The molecule has 2 fully saturated rings. The Hall–Kier alpha value is -1.17. The Labute approximate surface area is 140 Å². The van der Waals surface area contributed by atoms with E-state index in [1.807, 2.05) is 19.2 Å². The Kier molecular flexibility index (Phi) is 5.19. The molecule has 0 unspecified atom stereocenters. The third-order valence-corrected chi connectivity index (χ3v) is 5.47. The van der Waals surface area contributed by atoms with Crippen LogP contribution in [0, 0.1) is 0 Å². The van der Waals surface area contributed by atoms with Gasteiger partial charge in [0.15, 0.2) is 0 Å². The van der Waals surface area contributed by atoms with E-state index in [2.05, 4.69) is 39.8 Å². The number of hydrogen-bond acceptors (Lipinski definition) is 5. The number of nitrogens with zero attached hydrogens (tertiary/aromatic N) is 4. The van der Waals surface area contributed by atoms with E-state index < -0.39 is 0 Å². The molecule has 5 nitrogen and oxygen atoms in total. The average molecular weight is 318 g/mol. The monoisotopic (exact) mass is 318 g/mol. The van der Waals surface area contributed by atoms with Gasteiger partial charge in [-0.1, -0.05) is 6.07 Å². The second-order valence-corrected chi connectivity index (χ2v) is 7.10. The highest BCUT2D eigenvalue weighted by atomic mass is 16.5. The summed E-state index contributed by atoms with van der Waals surface area (Å²) in [5.41, 5.74) is 1.67. The van der Waals surface area contributed by atoms with E-state index in [-0.39, 0.29) is 0 Å². The summed E-state index contributed by atoms with van der Waals surface area (Å²) in [4.78, 5) is 12.0. The van der Waals surface area contributed by atoms with E-state index in [1.165, 1.54) is 51.1 Å². The van der Waals surface area contributed by atoms with Gasteiger partial charge in [-0.25, -0.2) is 4.98 Å². The van der Waals surface area contributed by atoms with Gasteiger partial charge in [-0.2, -0.15) is 0 Å². The zero-order valence-corrected chi connectivity index (χ0v) is 14.8. The molecule has 1 aromatic rings. The number of ether oxygens (including phenoxy) is 1. The van der Waals surface area contributed by atoms with Crippen molar-refractivity contribution in [3.05, 3.63) is 23.9 Å². The standard InChI is InChI=1S/C18H30N4O/c1-4-23-17-6-5-16(13-19-17)14-22-9-7-18(8-10-22)15-20(2)11-12-21(18)3/h5-6,13H,4,7-12,14-15H2,1-3H3. The highest BCUT2D eigenvalue weighted by Crippen LogP contribution is 2.31. The van der Waals surface area contributed by atoms with Crippen LogP contribution in [-0.2, 0) is 6.54 Å². The minimum absolute atomic E-state index is 0.389. The Morgan fingerprint density at radius 3 is 2.57 bits per heavy atom. The first-order valence-corrected chi connectivity index (χ1v) is 8.81. The summed E-state index contributed by atoms with van der Waals surface area (Å²) in [5.74, 6) is 0.723. The lowest BCUT2D eigenvalue weighted by atomic mass is 9.84. The molecule has 0 radical (unpaired) electrons. The predicted molar refractivity (Wildman–Crippen MR) is 92.8 cm³/mol. The third-order valence-electron chi connectivity index (χ3n) is 5.47. The molecule has 2 saturated heterocycles. The molecule has 0 aliphatic carbocycles. The number of piperazine rings is 1.